The fourth-order valence-corrected chi connectivity index (χ4v) is 1.83. The summed E-state index contributed by atoms with van der Waals surface area (Å²) in [7, 11) is 0. The summed E-state index contributed by atoms with van der Waals surface area (Å²) in [5.74, 6) is -0.465. The summed E-state index contributed by atoms with van der Waals surface area (Å²) >= 11 is 0. The van der Waals surface area contributed by atoms with Gasteiger partial charge in [-0.05, 0) is 18.1 Å². The molecule has 0 radical (unpaired) electrons. The van der Waals surface area contributed by atoms with Gasteiger partial charge >= 0.3 is 6.18 Å². The minimum atomic E-state index is -4.40. The molecule has 0 aliphatic rings. The van der Waals surface area contributed by atoms with Crippen LogP contribution in [-0.4, -0.2) is 22.4 Å². The van der Waals surface area contributed by atoms with Crippen LogP contribution in [0, 0.1) is 0 Å². The van der Waals surface area contributed by atoms with E-state index in [0.29, 0.717) is 0 Å². The van der Waals surface area contributed by atoms with Gasteiger partial charge in [-0.15, -0.1) is 0 Å². The van der Waals surface area contributed by atoms with Gasteiger partial charge in [0.2, 0.25) is 0 Å². The number of nitrogens with zero attached hydrogens (tertiary/aromatic N) is 2. The molecule has 0 fully saturated rings. The molecule has 7 heteroatoms. The smallest absolute Gasteiger partial charge is 0.350 e. The first-order chi connectivity index (χ1) is 9.98. The molecule has 1 aromatic carbocycles. The lowest BCUT2D eigenvalue weighted by molar-refractivity contribution is -0.138. The quantitative estimate of drug-likeness (QED) is 0.942. The summed E-state index contributed by atoms with van der Waals surface area (Å²) < 4.78 is 38.4. The van der Waals surface area contributed by atoms with Crippen molar-refractivity contribution in [2.75, 3.05) is 6.54 Å². The zero-order valence-corrected chi connectivity index (χ0v) is 10.9. The van der Waals surface area contributed by atoms with Crippen LogP contribution in [0.25, 0.3) is 0 Å². The lowest BCUT2D eigenvalue weighted by atomic mass is 10.0. The van der Waals surface area contributed by atoms with E-state index in [1.807, 2.05) is 0 Å². The summed E-state index contributed by atoms with van der Waals surface area (Å²) in [6.45, 7) is 0.0858. The summed E-state index contributed by atoms with van der Waals surface area (Å²) in [5, 5.41) is 2.52. The van der Waals surface area contributed by atoms with Crippen LogP contribution < -0.4 is 5.32 Å². The number of carbonyl (C=O) groups is 1. The van der Waals surface area contributed by atoms with Gasteiger partial charge in [-0.25, -0.2) is 4.98 Å². The van der Waals surface area contributed by atoms with Crippen LogP contribution in [0.15, 0.2) is 42.9 Å². The van der Waals surface area contributed by atoms with E-state index in [-0.39, 0.29) is 24.2 Å². The van der Waals surface area contributed by atoms with Crippen molar-refractivity contribution in [3.05, 3.63) is 59.7 Å². The average molecular weight is 295 g/mol. The van der Waals surface area contributed by atoms with Gasteiger partial charge in [0.15, 0.2) is 0 Å². The highest BCUT2D eigenvalue weighted by Gasteiger charge is 2.32. The van der Waals surface area contributed by atoms with Gasteiger partial charge < -0.3 is 5.32 Å². The lowest BCUT2D eigenvalue weighted by Crippen LogP contribution is -2.27. The molecule has 0 bridgehead atoms. The number of nitrogens with one attached hydrogen (secondary N) is 1. The Kier molecular flexibility index (Phi) is 4.52. The van der Waals surface area contributed by atoms with Crippen molar-refractivity contribution in [1.29, 1.82) is 0 Å². The van der Waals surface area contributed by atoms with Crippen molar-refractivity contribution in [2.45, 2.75) is 12.6 Å². The number of carbonyl (C=O) groups excluding carboxylic acids is 1. The van der Waals surface area contributed by atoms with E-state index in [0.717, 1.165) is 6.07 Å². The molecule has 1 N–H and O–H groups in total. The maximum absolute atomic E-state index is 12.8. The highest BCUT2D eigenvalue weighted by atomic mass is 19.4. The molecule has 110 valence electrons. The molecule has 0 unspecified atom stereocenters. The fourth-order valence-electron chi connectivity index (χ4n) is 1.83. The number of benzene rings is 1. The second kappa shape index (κ2) is 6.34. The van der Waals surface area contributed by atoms with Crippen molar-refractivity contribution < 1.29 is 18.0 Å². The van der Waals surface area contributed by atoms with Crippen LogP contribution in [0.4, 0.5) is 13.2 Å². The molecule has 21 heavy (non-hydrogen) atoms. The van der Waals surface area contributed by atoms with Crippen LogP contribution >= 0.6 is 0 Å². The monoisotopic (exact) mass is 295 g/mol. The molecule has 0 aliphatic heterocycles. The van der Waals surface area contributed by atoms with Crippen molar-refractivity contribution in [2.24, 2.45) is 0 Å². The maximum Gasteiger partial charge on any atom is 0.416 e. The molecule has 1 aromatic heterocycles. The number of hydrogen-bond donors (Lipinski definition) is 1. The van der Waals surface area contributed by atoms with E-state index in [1.165, 1.54) is 36.8 Å². The molecule has 0 aliphatic carbocycles. The molecule has 2 rings (SSSR count). The number of hydrogen-bond acceptors (Lipinski definition) is 3. The van der Waals surface area contributed by atoms with E-state index < -0.39 is 17.6 Å². The molecule has 2 aromatic rings. The van der Waals surface area contributed by atoms with Crippen molar-refractivity contribution in [1.82, 2.24) is 15.3 Å². The Labute approximate surface area is 119 Å². The molecule has 0 atom stereocenters. The highest BCUT2D eigenvalue weighted by molar-refractivity contribution is 5.91. The summed E-state index contributed by atoms with van der Waals surface area (Å²) in [6, 6.07) is 5.30. The Morgan fingerprint density at radius 1 is 1.19 bits per heavy atom. The van der Waals surface area contributed by atoms with Crippen molar-refractivity contribution in [3.63, 3.8) is 0 Å². The molecule has 0 saturated heterocycles. The number of aromatic nitrogens is 2. The Morgan fingerprint density at radius 3 is 2.62 bits per heavy atom. The zero-order valence-electron chi connectivity index (χ0n) is 10.9. The number of amides is 1. The standard InChI is InChI=1S/C14H12F3N3O/c15-14(16,17)11-4-2-1-3-10(11)5-6-20-13(21)12-9-18-7-8-19-12/h1-4,7-9H,5-6H2,(H,20,21). The van der Waals surface area contributed by atoms with Gasteiger partial charge in [-0.2, -0.15) is 13.2 Å². The van der Waals surface area contributed by atoms with Crippen LogP contribution in [-0.2, 0) is 12.6 Å². The molecule has 0 spiro atoms. The first kappa shape index (κ1) is 15.0. The third kappa shape index (κ3) is 4.01. The van der Waals surface area contributed by atoms with E-state index in [1.54, 1.807) is 0 Å². The van der Waals surface area contributed by atoms with Crippen LogP contribution in [0.1, 0.15) is 21.6 Å². The summed E-state index contributed by atoms with van der Waals surface area (Å²) in [6.07, 6.45) is -0.226. The number of alkyl halides is 3. The van der Waals surface area contributed by atoms with Crippen LogP contribution in [0.5, 0.6) is 0 Å². The van der Waals surface area contributed by atoms with Gasteiger partial charge in [0.1, 0.15) is 5.69 Å². The van der Waals surface area contributed by atoms with Gasteiger partial charge in [-0.3, -0.25) is 9.78 Å². The Balaban J connectivity index is 1.97. The van der Waals surface area contributed by atoms with Gasteiger partial charge in [0.05, 0.1) is 11.8 Å². The lowest BCUT2D eigenvalue weighted by Gasteiger charge is -2.12. The van der Waals surface area contributed by atoms with E-state index in [4.69, 9.17) is 0 Å². The predicted molar refractivity (Wildman–Crippen MR) is 69.5 cm³/mol. The first-order valence-corrected chi connectivity index (χ1v) is 6.18. The second-order valence-electron chi connectivity index (χ2n) is 4.25. The Hall–Kier alpha value is -2.44. The highest BCUT2D eigenvalue weighted by Crippen LogP contribution is 2.31. The molecule has 1 heterocycles. The number of halogens is 3. The van der Waals surface area contributed by atoms with Gasteiger partial charge in [0.25, 0.3) is 5.91 Å². The molecule has 1 amide bonds. The molecular formula is C14H12F3N3O. The van der Waals surface area contributed by atoms with Crippen molar-refractivity contribution in [3.8, 4) is 0 Å². The zero-order chi connectivity index (χ0) is 15.3. The maximum atomic E-state index is 12.8. The Bertz CT molecular complexity index is 614. The van der Waals surface area contributed by atoms with Crippen LogP contribution in [0.3, 0.4) is 0 Å². The SMILES string of the molecule is O=C(NCCc1ccccc1C(F)(F)F)c1cnccn1. The van der Waals surface area contributed by atoms with E-state index in [2.05, 4.69) is 15.3 Å². The largest absolute Gasteiger partial charge is 0.416 e. The third-order valence-electron chi connectivity index (χ3n) is 2.80. The molecule has 0 saturated carbocycles. The molecular weight excluding hydrogens is 283 g/mol. The Morgan fingerprint density at radius 2 is 1.95 bits per heavy atom. The van der Waals surface area contributed by atoms with E-state index in [9.17, 15) is 18.0 Å². The third-order valence-corrected chi connectivity index (χ3v) is 2.80. The second-order valence-corrected chi connectivity index (χ2v) is 4.25. The van der Waals surface area contributed by atoms with Crippen LogP contribution in [0.2, 0.25) is 0 Å². The minimum absolute atomic E-state index is 0.0850. The summed E-state index contributed by atoms with van der Waals surface area (Å²) in [4.78, 5) is 19.2. The van der Waals surface area contributed by atoms with E-state index >= 15 is 0 Å². The summed E-state index contributed by atoms with van der Waals surface area (Å²) in [5.41, 5.74) is -0.412. The van der Waals surface area contributed by atoms with Gasteiger partial charge in [-0.1, -0.05) is 18.2 Å². The fraction of sp³-hybridized carbons (Fsp3) is 0.214. The normalized spacial score (nSPS) is 11.2. The van der Waals surface area contributed by atoms with Gasteiger partial charge in [0, 0.05) is 18.9 Å². The average Bonchev–Trinajstić information content (AvgIpc) is 2.47. The first-order valence-electron chi connectivity index (χ1n) is 6.18. The number of rotatable bonds is 4. The predicted octanol–water partition coefficient (Wildman–Crippen LogP) is 2.47. The van der Waals surface area contributed by atoms with Crippen molar-refractivity contribution >= 4 is 5.91 Å². The minimum Gasteiger partial charge on any atom is -0.350 e. The molecule has 4 nitrogen and oxygen atoms in total. The topological polar surface area (TPSA) is 54.9 Å².